The first kappa shape index (κ1) is 20.5. The van der Waals surface area contributed by atoms with E-state index in [-0.39, 0.29) is 17.5 Å². The fourth-order valence-electron chi connectivity index (χ4n) is 3.02. The second-order valence-electron chi connectivity index (χ2n) is 6.85. The van der Waals surface area contributed by atoms with E-state index in [1.807, 2.05) is 7.05 Å². The van der Waals surface area contributed by atoms with E-state index in [1.54, 1.807) is 11.1 Å². The van der Waals surface area contributed by atoms with E-state index >= 15 is 0 Å². The van der Waals surface area contributed by atoms with E-state index < -0.39 is 0 Å². The standard InChI is InChI=1S/C19H34N4O/c1-5-7-11-23(12-8-6-2)16-17(15-20)19(24)22(4)18-9-13-21(3)14-10-18/h16,18H,5-14H2,1-4H3/b17-16-. The number of likely N-dealkylation sites (tertiary alicyclic amines) is 1. The Balaban J connectivity index is 2.75. The molecular weight excluding hydrogens is 300 g/mol. The summed E-state index contributed by atoms with van der Waals surface area (Å²) < 4.78 is 0. The van der Waals surface area contributed by atoms with Crippen molar-refractivity contribution in [1.82, 2.24) is 14.7 Å². The molecule has 0 unspecified atom stereocenters. The van der Waals surface area contributed by atoms with Crippen molar-refractivity contribution in [3.05, 3.63) is 11.8 Å². The maximum absolute atomic E-state index is 12.7. The van der Waals surface area contributed by atoms with E-state index in [2.05, 4.69) is 36.8 Å². The monoisotopic (exact) mass is 334 g/mol. The number of unbranched alkanes of at least 4 members (excludes halogenated alkanes) is 2. The van der Waals surface area contributed by atoms with Crippen molar-refractivity contribution in [2.24, 2.45) is 0 Å². The molecule has 0 saturated carbocycles. The fourth-order valence-corrected chi connectivity index (χ4v) is 3.02. The van der Waals surface area contributed by atoms with Crippen LogP contribution in [0, 0.1) is 11.3 Å². The van der Waals surface area contributed by atoms with Gasteiger partial charge in [0.15, 0.2) is 0 Å². The number of nitriles is 1. The Kier molecular flexibility index (Phi) is 9.48. The van der Waals surface area contributed by atoms with Gasteiger partial charge in [-0.15, -0.1) is 0 Å². The molecule has 0 bridgehead atoms. The molecule has 0 aromatic rings. The van der Waals surface area contributed by atoms with Crippen molar-refractivity contribution in [3.8, 4) is 6.07 Å². The molecule has 5 heteroatoms. The van der Waals surface area contributed by atoms with Crippen molar-refractivity contribution in [3.63, 3.8) is 0 Å². The molecule has 0 radical (unpaired) electrons. The highest BCUT2D eigenvalue weighted by Gasteiger charge is 2.26. The first-order valence-corrected chi connectivity index (χ1v) is 9.35. The summed E-state index contributed by atoms with van der Waals surface area (Å²) in [7, 11) is 3.95. The number of rotatable bonds is 9. The molecule has 0 spiro atoms. The molecule has 24 heavy (non-hydrogen) atoms. The SMILES string of the molecule is CCCCN(/C=C(/C#N)C(=O)N(C)C1CCN(C)CC1)CCCC. The average Bonchev–Trinajstić information content (AvgIpc) is 2.60. The lowest BCUT2D eigenvalue weighted by Crippen LogP contribution is -2.45. The molecular formula is C19H34N4O. The lowest BCUT2D eigenvalue weighted by Gasteiger charge is -2.35. The molecule has 1 rings (SSSR count). The highest BCUT2D eigenvalue weighted by Crippen LogP contribution is 2.16. The summed E-state index contributed by atoms with van der Waals surface area (Å²) in [6, 6.07) is 2.37. The van der Waals surface area contributed by atoms with Crippen LogP contribution in [-0.4, -0.2) is 66.9 Å². The summed E-state index contributed by atoms with van der Waals surface area (Å²) >= 11 is 0. The van der Waals surface area contributed by atoms with Crippen LogP contribution in [0.3, 0.4) is 0 Å². The minimum Gasteiger partial charge on any atom is -0.376 e. The van der Waals surface area contributed by atoms with E-state index in [0.29, 0.717) is 0 Å². The van der Waals surface area contributed by atoms with Gasteiger partial charge in [0.2, 0.25) is 0 Å². The van der Waals surface area contributed by atoms with Gasteiger partial charge in [0, 0.05) is 32.4 Å². The van der Waals surface area contributed by atoms with Crippen LogP contribution in [-0.2, 0) is 4.79 Å². The predicted molar refractivity (Wildman–Crippen MR) is 98.4 cm³/mol. The smallest absolute Gasteiger partial charge is 0.265 e. The third-order valence-corrected chi connectivity index (χ3v) is 4.82. The Hall–Kier alpha value is -1.54. The second kappa shape index (κ2) is 11.1. The van der Waals surface area contributed by atoms with Gasteiger partial charge in [-0.1, -0.05) is 26.7 Å². The van der Waals surface area contributed by atoms with Gasteiger partial charge in [-0.05, 0) is 45.8 Å². The van der Waals surface area contributed by atoms with Gasteiger partial charge in [-0.3, -0.25) is 4.79 Å². The largest absolute Gasteiger partial charge is 0.376 e. The average molecular weight is 335 g/mol. The van der Waals surface area contributed by atoms with Gasteiger partial charge in [0.25, 0.3) is 5.91 Å². The van der Waals surface area contributed by atoms with Crippen LogP contribution in [0.1, 0.15) is 52.4 Å². The molecule has 1 heterocycles. The third kappa shape index (κ3) is 6.52. The number of amides is 1. The molecule has 1 fully saturated rings. The molecule has 1 aliphatic rings. The molecule has 1 saturated heterocycles. The second-order valence-corrected chi connectivity index (χ2v) is 6.85. The number of carbonyl (C=O) groups is 1. The minimum absolute atomic E-state index is 0.134. The molecule has 0 aromatic heterocycles. The highest BCUT2D eigenvalue weighted by molar-refractivity contribution is 5.97. The van der Waals surface area contributed by atoms with Gasteiger partial charge in [0.1, 0.15) is 11.6 Å². The number of likely N-dealkylation sites (N-methyl/N-ethyl adjacent to an activating group) is 1. The normalized spacial score (nSPS) is 16.7. The molecule has 0 atom stereocenters. The third-order valence-electron chi connectivity index (χ3n) is 4.82. The molecule has 0 aromatic carbocycles. The van der Waals surface area contributed by atoms with Gasteiger partial charge < -0.3 is 14.7 Å². The van der Waals surface area contributed by atoms with Gasteiger partial charge in [0.05, 0.1) is 0 Å². The number of carbonyl (C=O) groups excluding carboxylic acids is 1. The lowest BCUT2D eigenvalue weighted by atomic mass is 10.0. The quantitative estimate of drug-likeness (QED) is 0.480. The lowest BCUT2D eigenvalue weighted by molar-refractivity contribution is -0.128. The molecule has 1 aliphatic heterocycles. The topological polar surface area (TPSA) is 50.6 Å². The zero-order valence-electron chi connectivity index (χ0n) is 15.9. The molecule has 136 valence electrons. The van der Waals surface area contributed by atoms with Crippen LogP contribution in [0.5, 0.6) is 0 Å². The Morgan fingerprint density at radius 1 is 1.21 bits per heavy atom. The van der Waals surface area contributed by atoms with E-state index in [4.69, 9.17) is 0 Å². The summed E-state index contributed by atoms with van der Waals surface area (Å²) in [6.07, 6.45) is 8.14. The van der Waals surface area contributed by atoms with Crippen molar-refractivity contribution in [2.45, 2.75) is 58.4 Å². The Morgan fingerprint density at radius 3 is 2.21 bits per heavy atom. The van der Waals surface area contributed by atoms with Gasteiger partial charge in [-0.25, -0.2) is 0 Å². The van der Waals surface area contributed by atoms with Crippen molar-refractivity contribution in [1.29, 1.82) is 5.26 Å². The number of hydrogen-bond acceptors (Lipinski definition) is 4. The molecule has 5 nitrogen and oxygen atoms in total. The van der Waals surface area contributed by atoms with Crippen LogP contribution in [0.25, 0.3) is 0 Å². The Morgan fingerprint density at radius 2 is 1.75 bits per heavy atom. The van der Waals surface area contributed by atoms with Crippen molar-refractivity contribution < 1.29 is 4.79 Å². The van der Waals surface area contributed by atoms with Crippen LogP contribution < -0.4 is 0 Å². The van der Waals surface area contributed by atoms with E-state index in [1.165, 1.54) is 0 Å². The number of hydrogen-bond donors (Lipinski definition) is 0. The van der Waals surface area contributed by atoms with Crippen LogP contribution in [0.2, 0.25) is 0 Å². The summed E-state index contributed by atoms with van der Waals surface area (Å²) in [5.74, 6) is -0.134. The van der Waals surface area contributed by atoms with E-state index in [0.717, 1.165) is 64.7 Å². The minimum atomic E-state index is -0.134. The molecule has 0 N–H and O–H groups in total. The van der Waals surface area contributed by atoms with Crippen LogP contribution in [0.4, 0.5) is 0 Å². The Bertz CT molecular complexity index is 439. The van der Waals surface area contributed by atoms with Gasteiger partial charge in [-0.2, -0.15) is 5.26 Å². The summed E-state index contributed by atoms with van der Waals surface area (Å²) in [4.78, 5) is 18.9. The van der Waals surface area contributed by atoms with E-state index in [9.17, 15) is 10.1 Å². The molecule has 1 amide bonds. The van der Waals surface area contributed by atoms with Crippen LogP contribution >= 0.6 is 0 Å². The van der Waals surface area contributed by atoms with Crippen molar-refractivity contribution in [2.75, 3.05) is 40.3 Å². The maximum atomic E-state index is 12.7. The fraction of sp³-hybridized carbons (Fsp3) is 0.789. The predicted octanol–water partition coefficient (Wildman–Crippen LogP) is 2.85. The Labute approximate surface area is 147 Å². The highest BCUT2D eigenvalue weighted by atomic mass is 16.2. The molecule has 0 aliphatic carbocycles. The first-order valence-electron chi connectivity index (χ1n) is 9.35. The first-order chi connectivity index (χ1) is 11.5. The zero-order valence-corrected chi connectivity index (χ0v) is 15.9. The summed E-state index contributed by atoms with van der Waals surface area (Å²) in [5, 5.41) is 9.48. The zero-order chi connectivity index (χ0) is 17.9. The number of nitrogens with zero attached hydrogens (tertiary/aromatic N) is 4. The maximum Gasteiger partial charge on any atom is 0.265 e. The summed E-state index contributed by atoms with van der Waals surface area (Å²) in [5.41, 5.74) is 0.267. The summed E-state index contributed by atoms with van der Waals surface area (Å²) in [6.45, 7) is 8.15. The van der Waals surface area contributed by atoms with Gasteiger partial charge >= 0.3 is 0 Å². The number of piperidine rings is 1. The van der Waals surface area contributed by atoms with Crippen LogP contribution in [0.15, 0.2) is 11.8 Å². The van der Waals surface area contributed by atoms with Crippen molar-refractivity contribution >= 4 is 5.91 Å².